The van der Waals surface area contributed by atoms with Crippen LogP contribution in [-0.2, 0) is 0 Å². The quantitative estimate of drug-likeness (QED) is 0.474. The third-order valence-corrected chi connectivity index (χ3v) is 2.45. The van der Waals surface area contributed by atoms with Gasteiger partial charge in [0.1, 0.15) is 0 Å². The van der Waals surface area contributed by atoms with Crippen LogP contribution in [0.2, 0.25) is 0 Å². The molecule has 0 aliphatic heterocycles. The van der Waals surface area contributed by atoms with Crippen molar-refractivity contribution >= 4 is 27.9 Å². The van der Waals surface area contributed by atoms with Crippen LogP contribution >= 0.6 is 15.9 Å². The lowest BCUT2D eigenvalue weighted by Crippen LogP contribution is -1.96. The number of methoxy groups -OCH3 is 1. The maximum atomic E-state index is 10.5. The zero-order valence-corrected chi connectivity index (χ0v) is 8.78. The van der Waals surface area contributed by atoms with Gasteiger partial charge in [-0.25, -0.2) is 0 Å². The summed E-state index contributed by atoms with van der Waals surface area (Å²) in [4.78, 5) is 20.5. The van der Waals surface area contributed by atoms with Crippen molar-refractivity contribution in [3.8, 4) is 5.75 Å². The van der Waals surface area contributed by atoms with Crippen LogP contribution in [0, 0.1) is 10.1 Å². The van der Waals surface area contributed by atoms with E-state index in [2.05, 4.69) is 15.9 Å². The highest BCUT2D eigenvalue weighted by Crippen LogP contribution is 2.36. The van der Waals surface area contributed by atoms with Gasteiger partial charge in [-0.2, -0.15) is 0 Å². The minimum atomic E-state index is -0.571. The highest BCUT2D eigenvalue weighted by molar-refractivity contribution is 9.10. The fourth-order valence-electron chi connectivity index (χ4n) is 0.990. The smallest absolute Gasteiger partial charge is 0.312 e. The van der Waals surface area contributed by atoms with Gasteiger partial charge in [0, 0.05) is 11.6 Å². The Kier molecular flexibility index (Phi) is 3.19. The summed E-state index contributed by atoms with van der Waals surface area (Å²) in [7, 11) is 1.31. The number of carbonyl (C=O) groups is 1. The Labute approximate surface area is 88.0 Å². The second-order valence-electron chi connectivity index (χ2n) is 2.40. The number of rotatable bonds is 3. The Morgan fingerprint density at radius 3 is 2.64 bits per heavy atom. The lowest BCUT2D eigenvalue weighted by molar-refractivity contribution is -0.385. The predicted octanol–water partition coefficient (Wildman–Crippen LogP) is 2.18. The molecule has 0 atom stereocenters. The molecule has 0 aliphatic rings. The maximum Gasteiger partial charge on any atom is 0.312 e. The number of hydrogen-bond acceptors (Lipinski definition) is 4. The van der Waals surface area contributed by atoms with Gasteiger partial charge in [-0.05, 0) is 22.0 Å². The zero-order chi connectivity index (χ0) is 10.7. The molecule has 0 amide bonds. The van der Waals surface area contributed by atoms with Crippen LogP contribution in [0.15, 0.2) is 16.6 Å². The molecule has 0 radical (unpaired) electrons. The Bertz CT molecular complexity index is 391. The zero-order valence-electron chi connectivity index (χ0n) is 7.19. The Balaban J connectivity index is 3.43. The third kappa shape index (κ3) is 1.74. The number of halogens is 1. The van der Waals surface area contributed by atoms with Crippen LogP contribution in [0.3, 0.4) is 0 Å². The van der Waals surface area contributed by atoms with Gasteiger partial charge in [0.05, 0.1) is 16.5 Å². The van der Waals surface area contributed by atoms with Gasteiger partial charge in [-0.1, -0.05) is 0 Å². The first-order valence-corrected chi connectivity index (χ1v) is 4.37. The topological polar surface area (TPSA) is 69.4 Å². The molecule has 0 aromatic heterocycles. The summed E-state index contributed by atoms with van der Waals surface area (Å²) in [5.41, 5.74) is 0.137. The van der Waals surface area contributed by atoms with Crippen molar-refractivity contribution in [1.29, 1.82) is 0 Å². The summed E-state index contributed by atoms with van der Waals surface area (Å²) in [5.74, 6) is 0.0552. The molecular formula is C8H6BrNO4. The molecule has 14 heavy (non-hydrogen) atoms. The normalized spacial score (nSPS) is 9.57. The molecule has 1 aromatic rings. The van der Waals surface area contributed by atoms with Gasteiger partial charge in [-0.15, -0.1) is 0 Å². The van der Waals surface area contributed by atoms with Crippen molar-refractivity contribution in [3.05, 3.63) is 32.3 Å². The van der Waals surface area contributed by atoms with E-state index in [1.165, 1.54) is 19.2 Å². The van der Waals surface area contributed by atoms with E-state index < -0.39 is 4.92 Å². The average molecular weight is 260 g/mol. The number of benzene rings is 1. The maximum absolute atomic E-state index is 10.5. The largest absolute Gasteiger partial charge is 0.489 e. The first-order chi connectivity index (χ1) is 6.61. The molecule has 0 aliphatic carbocycles. The summed E-state index contributed by atoms with van der Waals surface area (Å²) >= 11 is 3.06. The molecule has 0 bridgehead atoms. The van der Waals surface area contributed by atoms with Crippen molar-refractivity contribution in [2.45, 2.75) is 0 Å². The Morgan fingerprint density at radius 2 is 2.21 bits per heavy atom. The van der Waals surface area contributed by atoms with Gasteiger partial charge in [0.15, 0.2) is 6.29 Å². The van der Waals surface area contributed by atoms with Gasteiger partial charge < -0.3 is 4.74 Å². The molecule has 5 nitrogen and oxygen atoms in total. The van der Waals surface area contributed by atoms with E-state index in [1.807, 2.05) is 0 Å². The predicted molar refractivity (Wildman–Crippen MR) is 52.7 cm³/mol. The lowest BCUT2D eigenvalue weighted by Gasteiger charge is -2.05. The summed E-state index contributed by atoms with van der Waals surface area (Å²) in [5, 5.41) is 10.5. The van der Waals surface area contributed by atoms with E-state index in [4.69, 9.17) is 4.74 Å². The van der Waals surface area contributed by atoms with Crippen LogP contribution < -0.4 is 4.74 Å². The number of nitrogens with zero attached hydrogens (tertiary/aromatic N) is 1. The summed E-state index contributed by atoms with van der Waals surface area (Å²) in [6, 6.07) is 2.59. The number of hydrogen-bond donors (Lipinski definition) is 0. The number of aldehydes is 1. The molecule has 0 saturated heterocycles. The molecule has 0 unspecified atom stereocenters. The van der Waals surface area contributed by atoms with Crippen molar-refractivity contribution in [1.82, 2.24) is 0 Å². The Hall–Kier alpha value is -1.43. The SMILES string of the molecule is COc1c([N+](=O)[O-])ccc(C=O)c1Br. The van der Waals surface area contributed by atoms with Crippen molar-refractivity contribution in [3.63, 3.8) is 0 Å². The fraction of sp³-hybridized carbons (Fsp3) is 0.125. The van der Waals surface area contributed by atoms with E-state index in [0.29, 0.717) is 16.3 Å². The molecule has 1 aromatic carbocycles. The molecule has 0 N–H and O–H groups in total. The monoisotopic (exact) mass is 259 g/mol. The first-order valence-electron chi connectivity index (χ1n) is 3.58. The fourth-order valence-corrected chi connectivity index (χ4v) is 1.58. The van der Waals surface area contributed by atoms with Crippen molar-refractivity contribution < 1.29 is 14.5 Å². The molecule has 0 spiro atoms. The van der Waals surface area contributed by atoms with E-state index in [9.17, 15) is 14.9 Å². The second kappa shape index (κ2) is 4.19. The van der Waals surface area contributed by atoms with E-state index in [1.54, 1.807) is 0 Å². The number of nitro groups is 1. The van der Waals surface area contributed by atoms with Crippen LogP contribution in [0.1, 0.15) is 10.4 Å². The number of ether oxygens (including phenoxy) is 1. The molecule has 0 saturated carbocycles. The molecule has 6 heteroatoms. The number of carbonyl (C=O) groups excluding carboxylic acids is 1. The summed E-state index contributed by atoms with van der Waals surface area (Å²) in [6.07, 6.45) is 0.594. The third-order valence-electron chi connectivity index (χ3n) is 1.63. The summed E-state index contributed by atoms with van der Waals surface area (Å²) in [6.45, 7) is 0. The minimum Gasteiger partial charge on any atom is -0.489 e. The minimum absolute atomic E-state index is 0.0552. The van der Waals surface area contributed by atoms with Gasteiger partial charge in [0.25, 0.3) is 0 Å². The molecule has 74 valence electrons. The molecule has 0 fully saturated rings. The molecule has 1 rings (SSSR count). The average Bonchev–Trinajstić information content (AvgIpc) is 2.17. The van der Waals surface area contributed by atoms with Crippen LogP contribution in [0.4, 0.5) is 5.69 Å². The molecule has 0 heterocycles. The molecular weight excluding hydrogens is 254 g/mol. The van der Waals surface area contributed by atoms with Crippen LogP contribution in [0.5, 0.6) is 5.75 Å². The lowest BCUT2D eigenvalue weighted by atomic mass is 10.2. The van der Waals surface area contributed by atoms with Crippen molar-refractivity contribution in [2.75, 3.05) is 7.11 Å². The highest BCUT2D eigenvalue weighted by atomic mass is 79.9. The number of nitro benzene ring substituents is 1. The van der Waals surface area contributed by atoms with Gasteiger partial charge in [0.2, 0.25) is 5.75 Å². The van der Waals surface area contributed by atoms with Gasteiger partial charge >= 0.3 is 5.69 Å². The van der Waals surface area contributed by atoms with E-state index >= 15 is 0 Å². The standard InChI is InChI=1S/C8H6BrNO4/c1-14-8-6(10(12)13)3-2-5(4-11)7(8)9/h2-4H,1H3. The summed E-state index contributed by atoms with van der Waals surface area (Å²) < 4.78 is 5.13. The van der Waals surface area contributed by atoms with Crippen LogP contribution in [-0.4, -0.2) is 18.3 Å². The van der Waals surface area contributed by atoms with Crippen molar-refractivity contribution in [2.24, 2.45) is 0 Å². The first kappa shape index (κ1) is 10.6. The van der Waals surface area contributed by atoms with Crippen LogP contribution in [0.25, 0.3) is 0 Å². The Morgan fingerprint density at radius 1 is 1.57 bits per heavy atom. The van der Waals surface area contributed by atoms with E-state index in [-0.39, 0.29) is 11.4 Å². The highest BCUT2D eigenvalue weighted by Gasteiger charge is 2.19. The van der Waals surface area contributed by atoms with Gasteiger partial charge in [-0.3, -0.25) is 14.9 Å². The van der Waals surface area contributed by atoms with E-state index in [0.717, 1.165) is 0 Å². The second-order valence-corrected chi connectivity index (χ2v) is 3.19.